The molecule has 0 unspecified atom stereocenters. The van der Waals surface area contributed by atoms with Crippen LogP contribution in [0.5, 0.6) is 0 Å². The Hall–Kier alpha value is -1.03. The predicted octanol–water partition coefficient (Wildman–Crippen LogP) is 3.02. The minimum Gasteiger partial charge on any atom is -0.393 e. The fraction of sp³-hybridized carbons (Fsp3) is 0.455. The van der Waals surface area contributed by atoms with Gasteiger partial charge in [-0.15, -0.1) is 0 Å². The van der Waals surface area contributed by atoms with Crippen molar-refractivity contribution in [3.05, 3.63) is 35.4 Å². The van der Waals surface area contributed by atoms with Gasteiger partial charge in [0.15, 0.2) is 0 Å². The van der Waals surface area contributed by atoms with Crippen LogP contribution < -0.4 is 0 Å². The van der Waals surface area contributed by atoms with Crippen LogP contribution in [0.15, 0.2) is 24.3 Å². The maximum absolute atomic E-state index is 12.2. The molecule has 0 heterocycles. The molecular weight excluding hydrogens is 205 g/mol. The van der Waals surface area contributed by atoms with E-state index in [1.54, 1.807) is 6.92 Å². The maximum Gasteiger partial charge on any atom is 0.416 e. The highest BCUT2D eigenvalue weighted by Gasteiger charge is 2.29. The van der Waals surface area contributed by atoms with Gasteiger partial charge < -0.3 is 5.11 Å². The van der Waals surface area contributed by atoms with E-state index in [0.717, 1.165) is 17.7 Å². The van der Waals surface area contributed by atoms with Crippen molar-refractivity contribution < 1.29 is 18.3 Å². The Bertz CT molecular complexity index is 301. The normalized spacial score (nSPS) is 13.9. The molecule has 0 spiro atoms. The molecule has 1 N–H and O–H groups in total. The Morgan fingerprint density at radius 1 is 1.20 bits per heavy atom. The second-order valence-electron chi connectivity index (χ2n) is 3.58. The van der Waals surface area contributed by atoms with Crippen LogP contribution in [-0.2, 0) is 12.6 Å². The second kappa shape index (κ2) is 4.66. The van der Waals surface area contributed by atoms with E-state index in [-0.39, 0.29) is 0 Å². The van der Waals surface area contributed by atoms with Crippen LogP contribution in [-0.4, -0.2) is 11.2 Å². The molecule has 0 amide bonds. The third kappa shape index (κ3) is 3.91. The zero-order valence-corrected chi connectivity index (χ0v) is 8.38. The molecule has 0 fully saturated rings. The van der Waals surface area contributed by atoms with Crippen molar-refractivity contribution in [2.45, 2.75) is 32.0 Å². The summed E-state index contributed by atoms with van der Waals surface area (Å²) in [5, 5.41) is 9.02. The molecule has 1 rings (SSSR count). The first-order valence-electron chi connectivity index (χ1n) is 4.74. The summed E-state index contributed by atoms with van der Waals surface area (Å²) in [7, 11) is 0. The third-order valence-electron chi connectivity index (χ3n) is 2.13. The van der Waals surface area contributed by atoms with Gasteiger partial charge in [0.2, 0.25) is 0 Å². The van der Waals surface area contributed by atoms with Crippen molar-refractivity contribution in [3.63, 3.8) is 0 Å². The Kier molecular flexibility index (Phi) is 3.74. The van der Waals surface area contributed by atoms with Crippen molar-refractivity contribution in [1.82, 2.24) is 0 Å². The Morgan fingerprint density at radius 3 is 2.13 bits per heavy atom. The minimum absolute atomic E-state index is 0.424. The Labute approximate surface area is 86.5 Å². The summed E-state index contributed by atoms with van der Waals surface area (Å²) < 4.78 is 36.6. The van der Waals surface area contributed by atoms with Gasteiger partial charge in [-0.3, -0.25) is 0 Å². The highest BCUT2D eigenvalue weighted by atomic mass is 19.4. The molecule has 84 valence electrons. The number of aliphatic hydroxyl groups is 1. The van der Waals surface area contributed by atoms with Gasteiger partial charge in [0.1, 0.15) is 0 Å². The first-order chi connectivity index (χ1) is 6.89. The fourth-order valence-electron chi connectivity index (χ4n) is 1.24. The smallest absolute Gasteiger partial charge is 0.393 e. The average molecular weight is 218 g/mol. The molecule has 1 aromatic rings. The van der Waals surface area contributed by atoms with E-state index >= 15 is 0 Å². The van der Waals surface area contributed by atoms with Crippen molar-refractivity contribution >= 4 is 0 Å². The van der Waals surface area contributed by atoms with Crippen LogP contribution in [0.1, 0.15) is 24.5 Å². The zero-order valence-electron chi connectivity index (χ0n) is 8.38. The van der Waals surface area contributed by atoms with E-state index in [2.05, 4.69) is 0 Å². The summed E-state index contributed by atoms with van der Waals surface area (Å²) in [6, 6.07) is 5.03. The molecule has 0 saturated carbocycles. The maximum atomic E-state index is 12.2. The number of aliphatic hydroxyl groups excluding tert-OH is 1. The molecular formula is C11H13F3O. The standard InChI is InChI=1S/C11H13F3O/c1-8(15)2-3-9-4-6-10(7-5-9)11(12,13)14/h4-8,15H,2-3H2,1H3/t8-/m1/s1. The number of rotatable bonds is 3. The van der Waals surface area contributed by atoms with Gasteiger partial charge in [-0.1, -0.05) is 12.1 Å². The highest BCUT2D eigenvalue weighted by Crippen LogP contribution is 2.29. The quantitative estimate of drug-likeness (QED) is 0.826. The summed E-state index contributed by atoms with van der Waals surface area (Å²) >= 11 is 0. The predicted molar refractivity (Wildman–Crippen MR) is 51.4 cm³/mol. The summed E-state index contributed by atoms with van der Waals surface area (Å²) in [4.78, 5) is 0. The van der Waals surface area contributed by atoms with Gasteiger partial charge in [-0.25, -0.2) is 0 Å². The lowest BCUT2D eigenvalue weighted by Gasteiger charge is -2.08. The topological polar surface area (TPSA) is 20.2 Å². The number of aryl methyl sites for hydroxylation is 1. The fourth-order valence-corrected chi connectivity index (χ4v) is 1.24. The molecule has 15 heavy (non-hydrogen) atoms. The van der Waals surface area contributed by atoms with Crippen LogP contribution in [0.25, 0.3) is 0 Å². The van der Waals surface area contributed by atoms with Gasteiger partial charge >= 0.3 is 6.18 Å². The molecule has 0 aromatic heterocycles. The van der Waals surface area contributed by atoms with Crippen LogP contribution in [0, 0.1) is 0 Å². The summed E-state index contributed by atoms with van der Waals surface area (Å²) in [6.45, 7) is 1.66. The Balaban J connectivity index is 2.65. The molecule has 1 atom stereocenters. The van der Waals surface area contributed by atoms with Gasteiger partial charge in [0.05, 0.1) is 11.7 Å². The third-order valence-corrected chi connectivity index (χ3v) is 2.13. The van der Waals surface area contributed by atoms with Crippen LogP contribution in [0.2, 0.25) is 0 Å². The summed E-state index contributed by atoms with van der Waals surface area (Å²) in [6.07, 6.45) is -3.54. The van der Waals surface area contributed by atoms with E-state index in [1.165, 1.54) is 12.1 Å². The van der Waals surface area contributed by atoms with E-state index in [1.807, 2.05) is 0 Å². The Morgan fingerprint density at radius 2 is 1.73 bits per heavy atom. The molecule has 4 heteroatoms. The van der Waals surface area contributed by atoms with Gasteiger partial charge in [-0.2, -0.15) is 13.2 Å². The molecule has 0 saturated heterocycles. The first-order valence-corrected chi connectivity index (χ1v) is 4.74. The second-order valence-corrected chi connectivity index (χ2v) is 3.58. The lowest BCUT2D eigenvalue weighted by Crippen LogP contribution is -2.05. The minimum atomic E-state index is -4.27. The number of hydrogen-bond acceptors (Lipinski definition) is 1. The number of halogens is 3. The lowest BCUT2D eigenvalue weighted by atomic mass is 10.1. The molecule has 1 nitrogen and oxygen atoms in total. The number of benzene rings is 1. The zero-order chi connectivity index (χ0) is 11.5. The highest BCUT2D eigenvalue weighted by molar-refractivity contribution is 5.24. The van der Waals surface area contributed by atoms with Crippen LogP contribution in [0.3, 0.4) is 0 Å². The van der Waals surface area contributed by atoms with Gasteiger partial charge in [0.25, 0.3) is 0 Å². The molecule has 0 aliphatic carbocycles. The van der Waals surface area contributed by atoms with E-state index in [4.69, 9.17) is 5.11 Å². The number of hydrogen-bond donors (Lipinski definition) is 1. The largest absolute Gasteiger partial charge is 0.416 e. The molecule has 0 aliphatic rings. The van der Waals surface area contributed by atoms with E-state index in [9.17, 15) is 13.2 Å². The first kappa shape index (κ1) is 12.0. The average Bonchev–Trinajstić information content (AvgIpc) is 2.14. The van der Waals surface area contributed by atoms with E-state index in [0.29, 0.717) is 12.8 Å². The van der Waals surface area contributed by atoms with E-state index < -0.39 is 17.8 Å². The molecule has 0 aliphatic heterocycles. The van der Waals surface area contributed by atoms with Gasteiger partial charge in [-0.05, 0) is 37.5 Å². The molecule has 1 aromatic carbocycles. The van der Waals surface area contributed by atoms with Crippen molar-refractivity contribution in [3.8, 4) is 0 Å². The van der Waals surface area contributed by atoms with Crippen LogP contribution in [0.4, 0.5) is 13.2 Å². The monoisotopic (exact) mass is 218 g/mol. The summed E-state index contributed by atoms with van der Waals surface area (Å²) in [5.41, 5.74) is 0.173. The SMILES string of the molecule is C[C@@H](O)CCc1ccc(C(F)(F)F)cc1. The van der Waals surface area contributed by atoms with Gasteiger partial charge in [0, 0.05) is 0 Å². The molecule has 0 bridgehead atoms. The summed E-state index contributed by atoms with van der Waals surface area (Å²) in [5.74, 6) is 0. The van der Waals surface area contributed by atoms with Crippen molar-refractivity contribution in [2.75, 3.05) is 0 Å². The lowest BCUT2D eigenvalue weighted by molar-refractivity contribution is -0.137. The van der Waals surface area contributed by atoms with Crippen molar-refractivity contribution in [1.29, 1.82) is 0 Å². The number of alkyl halides is 3. The van der Waals surface area contributed by atoms with Crippen molar-refractivity contribution in [2.24, 2.45) is 0 Å². The molecule has 0 radical (unpaired) electrons. The van der Waals surface area contributed by atoms with Crippen LogP contribution >= 0.6 is 0 Å².